The predicted molar refractivity (Wildman–Crippen MR) is 73.8 cm³/mol. The first-order chi connectivity index (χ1) is 9.27. The Balaban J connectivity index is 2.84. The molecule has 0 saturated carbocycles. The van der Waals surface area contributed by atoms with Gasteiger partial charge in [-0.3, -0.25) is 10.1 Å². The molecule has 9 heteroatoms. The maximum absolute atomic E-state index is 11.5. The number of anilines is 1. The molecule has 0 bridgehead atoms. The first-order valence-corrected chi connectivity index (χ1v) is 7.21. The van der Waals surface area contributed by atoms with Gasteiger partial charge in [0.15, 0.2) is 0 Å². The van der Waals surface area contributed by atoms with Gasteiger partial charge in [0, 0.05) is 26.7 Å². The Morgan fingerprint density at radius 2 is 2.10 bits per heavy atom. The quantitative estimate of drug-likeness (QED) is 0.612. The summed E-state index contributed by atoms with van der Waals surface area (Å²) < 4.78 is 24.2. The number of nitriles is 1. The van der Waals surface area contributed by atoms with Gasteiger partial charge in [-0.25, -0.2) is 12.7 Å². The van der Waals surface area contributed by atoms with Crippen LogP contribution in [0.25, 0.3) is 0 Å². The molecule has 1 aromatic carbocycles. The minimum absolute atomic E-state index is 0.0350. The minimum atomic E-state index is -3.37. The van der Waals surface area contributed by atoms with Crippen LogP contribution < -0.4 is 5.32 Å². The normalized spacial score (nSPS) is 11.1. The van der Waals surface area contributed by atoms with Crippen LogP contribution in [0.15, 0.2) is 18.2 Å². The van der Waals surface area contributed by atoms with Crippen LogP contribution in [0.2, 0.25) is 0 Å². The monoisotopic (exact) mass is 298 g/mol. The van der Waals surface area contributed by atoms with E-state index in [1.165, 1.54) is 26.2 Å². The van der Waals surface area contributed by atoms with Gasteiger partial charge in [0.2, 0.25) is 10.0 Å². The van der Waals surface area contributed by atoms with E-state index >= 15 is 0 Å². The van der Waals surface area contributed by atoms with Crippen molar-refractivity contribution < 1.29 is 13.3 Å². The standard InChI is InChI=1S/C11H14N4O4S/c1-14(2)20(18,19)6-5-13-10-4-3-9(8-12)7-11(10)15(16)17/h3-4,7,13H,5-6H2,1-2H3. The van der Waals surface area contributed by atoms with Gasteiger partial charge < -0.3 is 5.32 Å². The second-order valence-corrected chi connectivity index (χ2v) is 6.43. The third-order valence-corrected chi connectivity index (χ3v) is 4.39. The molecule has 1 N–H and O–H groups in total. The molecule has 0 fully saturated rings. The average molecular weight is 298 g/mol. The van der Waals surface area contributed by atoms with Crippen molar-refractivity contribution in [1.29, 1.82) is 5.26 Å². The Labute approximate surface area is 116 Å². The van der Waals surface area contributed by atoms with Gasteiger partial charge in [0.05, 0.1) is 22.3 Å². The fourth-order valence-electron chi connectivity index (χ4n) is 1.40. The van der Waals surface area contributed by atoms with E-state index in [4.69, 9.17) is 5.26 Å². The lowest BCUT2D eigenvalue weighted by atomic mass is 10.2. The van der Waals surface area contributed by atoms with E-state index in [1.54, 1.807) is 0 Å². The molecule has 0 aromatic heterocycles. The molecule has 1 rings (SSSR count). The van der Waals surface area contributed by atoms with Crippen LogP contribution >= 0.6 is 0 Å². The van der Waals surface area contributed by atoms with Gasteiger partial charge in [-0.05, 0) is 12.1 Å². The summed E-state index contributed by atoms with van der Waals surface area (Å²) in [5, 5.41) is 22.3. The van der Waals surface area contributed by atoms with Crippen LogP contribution in [0.1, 0.15) is 5.56 Å². The third-order valence-electron chi connectivity index (χ3n) is 2.56. The van der Waals surface area contributed by atoms with Crippen molar-refractivity contribution in [2.24, 2.45) is 0 Å². The first kappa shape index (κ1) is 15.9. The Morgan fingerprint density at radius 1 is 1.45 bits per heavy atom. The molecule has 0 amide bonds. The zero-order valence-corrected chi connectivity index (χ0v) is 11.8. The Morgan fingerprint density at radius 3 is 2.60 bits per heavy atom. The molecule has 0 spiro atoms. The maximum Gasteiger partial charge on any atom is 0.293 e. The Kier molecular flexibility index (Phi) is 5.01. The van der Waals surface area contributed by atoms with E-state index in [2.05, 4.69) is 5.32 Å². The molecule has 0 aliphatic rings. The summed E-state index contributed by atoms with van der Waals surface area (Å²) in [6.07, 6.45) is 0. The van der Waals surface area contributed by atoms with E-state index in [-0.39, 0.29) is 29.2 Å². The maximum atomic E-state index is 11.5. The SMILES string of the molecule is CN(C)S(=O)(=O)CCNc1ccc(C#N)cc1[N+](=O)[O-]. The second kappa shape index (κ2) is 6.31. The molecule has 0 atom stereocenters. The number of hydrogen-bond acceptors (Lipinski definition) is 6. The average Bonchev–Trinajstić information content (AvgIpc) is 2.38. The van der Waals surface area contributed by atoms with Crippen molar-refractivity contribution in [3.05, 3.63) is 33.9 Å². The summed E-state index contributed by atoms with van der Waals surface area (Å²) in [5.74, 6) is -0.183. The van der Waals surface area contributed by atoms with E-state index in [0.29, 0.717) is 0 Å². The van der Waals surface area contributed by atoms with Crippen molar-refractivity contribution in [2.75, 3.05) is 31.7 Å². The van der Waals surface area contributed by atoms with Gasteiger partial charge in [-0.15, -0.1) is 0 Å². The zero-order valence-electron chi connectivity index (χ0n) is 11.0. The molecule has 8 nitrogen and oxygen atoms in total. The van der Waals surface area contributed by atoms with Crippen LogP contribution in [-0.2, 0) is 10.0 Å². The summed E-state index contributed by atoms with van der Waals surface area (Å²) in [6.45, 7) is 0.0350. The Bertz CT molecular complexity index is 649. The van der Waals surface area contributed by atoms with Crippen LogP contribution in [0.3, 0.4) is 0 Å². The largest absolute Gasteiger partial charge is 0.378 e. The lowest BCUT2D eigenvalue weighted by molar-refractivity contribution is -0.384. The van der Waals surface area contributed by atoms with E-state index in [0.717, 1.165) is 10.4 Å². The lowest BCUT2D eigenvalue weighted by Crippen LogP contribution is -2.28. The van der Waals surface area contributed by atoms with Gasteiger partial charge in [-0.2, -0.15) is 5.26 Å². The highest BCUT2D eigenvalue weighted by Gasteiger charge is 2.17. The number of sulfonamides is 1. The van der Waals surface area contributed by atoms with Crippen LogP contribution in [0, 0.1) is 21.4 Å². The van der Waals surface area contributed by atoms with E-state index in [9.17, 15) is 18.5 Å². The number of nitrogens with one attached hydrogen (secondary N) is 1. The van der Waals surface area contributed by atoms with Crippen LogP contribution in [0.5, 0.6) is 0 Å². The zero-order chi connectivity index (χ0) is 15.3. The molecule has 0 aliphatic heterocycles. The number of nitro groups is 1. The third kappa shape index (κ3) is 3.91. The highest BCUT2D eigenvalue weighted by molar-refractivity contribution is 7.89. The summed E-state index contributed by atoms with van der Waals surface area (Å²) in [7, 11) is -0.533. The molecule has 0 heterocycles. The fourth-order valence-corrected chi connectivity index (χ4v) is 2.12. The summed E-state index contributed by atoms with van der Waals surface area (Å²) in [6, 6.07) is 5.77. The molecule has 0 saturated heterocycles. The Hall–Kier alpha value is -2.18. The summed E-state index contributed by atoms with van der Waals surface area (Å²) in [5.41, 5.74) is 0.0948. The molecule has 0 unspecified atom stereocenters. The molecule has 1 aromatic rings. The number of hydrogen-bond donors (Lipinski definition) is 1. The van der Waals surface area contributed by atoms with E-state index < -0.39 is 14.9 Å². The van der Waals surface area contributed by atoms with Gasteiger partial charge in [0.1, 0.15) is 5.69 Å². The van der Waals surface area contributed by atoms with Crippen molar-refractivity contribution >= 4 is 21.4 Å². The number of nitro benzene ring substituents is 1. The minimum Gasteiger partial charge on any atom is -0.378 e. The fraction of sp³-hybridized carbons (Fsp3) is 0.364. The van der Waals surface area contributed by atoms with Crippen molar-refractivity contribution in [3.63, 3.8) is 0 Å². The van der Waals surface area contributed by atoms with Crippen molar-refractivity contribution in [1.82, 2.24) is 4.31 Å². The molecular weight excluding hydrogens is 284 g/mol. The van der Waals surface area contributed by atoms with E-state index in [1.807, 2.05) is 6.07 Å². The molecule has 0 radical (unpaired) electrons. The predicted octanol–water partition coefficient (Wildman–Crippen LogP) is 0.770. The molecule has 0 aliphatic carbocycles. The number of nitrogens with zero attached hydrogens (tertiary/aromatic N) is 3. The van der Waals surface area contributed by atoms with Crippen LogP contribution in [-0.4, -0.2) is 44.0 Å². The molecule has 108 valence electrons. The van der Waals surface area contributed by atoms with Gasteiger partial charge >= 0.3 is 0 Å². The molecular formula is C11H14N4O4S. The van der Waals surface area contributed by atoms with Crippen molar-refractivity contribution in [2.45, 2.75) is 0 Å². The summed E-state index contributed by atoms with van der Waals surface area (Å²) >= 11 is 0. The van der Waals surface area contributed by atoms with Crippen molar-refractivity contribution in [3.8, 4) is 6.07 Å². The second-order valence-electron chi connectivity index (χ2n) is 4.13. The highest BCUT2D eigenvalue weighted by Crippen LogP contribution is 2.25. The number of rotatable bonds is 6. The van der Waals surface area contributed by atoms with Gasteiger partial charge in [0.25, 0.3) is 5.69 Å². The summed E-state index contributed by atoms with van der Waals surface area (Å²) in [4.78, 5) is 10.3. The molecule has 20 heavy (non-hydrogen) atoms. The van der Waals surface area contributed by atoms with Gasteiger partial charge in [-0.1, -0.05) is 0 Å². The van der Waals surface area contributed by atoms with Crippen LogP contribution in [0.4, 0.5) is 11.4 Å². The smallest absolute Gasteiger partial charge is 0.293 e. The highest BCUT2D eigenvalue weighted by atomic mass is 32.2. The number of benzene rings is 1. The lowest BCUT2D eigenvalue weighted by Gasteiger charge is -2.12. The topological polar surface area (TPSA) is 116 Å². The first-order valence-electron chi connectivity index (χ1n) is 5.60.